The molecule has 24 N–H and O–H groups in total. The Labute approximate surface area is 613 Å². The summed E-state index contributed by atoms with van der Waals surface area (Å²) in [7, 11) is 0. The van der Waals surface area contributed by atoms with Crippen LogP contribution in [0.2, 0.25) is 0 Å². The van der Waals surface area contributed by atoms with Gasteiger partial charge >= 0.3 is 47.8 Å². The van der Waals surface area contributed by atoms with Gasteiger partial charge in [-0.3, -0.25) is 0 Å². The van der Waals surface area contributed by atoms with E-state index in [4.69, 9.17) is 52.1 Å². The van der Waals surface area contributed by atoms with E-state index < -0.39 is 305 Å². The first-order valence-electron chi connectivity index (χ1n) is 30.8. The van der Waals surface area contributed by atoms with Crippen molar-refractivity contribution in [1.82, 2.24) is 0 Å². The van der Waals surface area contributed by atoms with E-state index in [2.05, 4.69) is 0 Å². The van der Waals surface area contributed by atoms with Gasteiger partial charge < -0.3 is 175 Å². The molecule has 0 amide bonds. The van der Waals surface area contributed by atoms with Gasteiger partial charge in [0.1, 0.15) is 76.0 Å². The normalized spacial score (nSPS) is 19.3. The van der Waals surface area contributed by atoms with Crippen LogP contribution in [0.15, 0.2) is 97.1 Å². The van der Waals surface area contributed by atoms with Gasteiger partial charge in [0.25, 0.3) is 0 Å². The number of benzene rings is 8. The average Bonchev–Trinajstić information content (AvgIpc) is 0.752. The summed E-state index contributed by atoms with van der Waals surface area (Å²) in [6.45, 7) is -3.38. The van der Waals surface area contributed by atoms with Crippen molar-refractivity contribution in [2.24, 2.45) is 0 Å². The number of carbonyl (C=O) groups is 8. The summed E-state index contributed by atoms with van der Waals surface area (Å²) in [5.41, 5.74) is -9.54. The fraction of sp³-hybridized carbons (Fsp3) is 0.176. The van der Waals surface area contributed by atoms with Crippen molar-refractivity contribution >= 4 is 47.8 Å². The van der Waals surface area contributed by atoms with Gasteiger partial charge in [-0.05, 0) is 97.1 Å². The summed E-state index contributed by atoms with van der Waals surface area (Å²) >= 11 is 0. The monoisotopic (exact) mass is 1560 g/mol. The number of rotatable bonds is 20. The van der Waals surface area contributed by atoms with Crippen molar-refractivity contribution in [3.05, 3.63) is 142 Å². The van der Waals surface area contributed by atoms with Gasteiger partial charge in [0.2, 0.25) is 58.4 Å². The second-order valence-electron chi connectivity index (χ2n) is 23.3. The third-order valence-corrected chi connectivity index (χ3v) is 16.5. The molecule has 43 heteroatoms. The van der Waals surface area contributed by atoms with Crippen molar-refractivity contribution in [2.75, 3.05) is 13.2 Å². The fourth-order valence-electron chi connectivity index (χ4n) is 10.7. The molecule has 0 aromatic heterocycles. The number of ether oxygens (including phenoxy) is 11. The van der Waals surface area contributed by atoms with Crippen molar-refractivity contribution in [1.29, 1.82) is 0 Å². The van der Waals surface area contributed by atoms with Gasteiger partial charge in [-0.1, -0.05) is 0 Å². The maximum atomic E-state index is 15.0. The van der Waals surface area contributed by atoms with Crippen LogP contribution >= 0.6 is 0 Å². The highest BCUT2D eigenvalue weighted by Crippen LogP contribution is 2.48. The summed E-state index contributed by atoms with van der Waals surface area (Å²) in [6.07, 6.45) is -30.1. The molecule has 0 radical (unpaired) electrons. The van der Waals surface area contributed by atoms with Gasteiger partial charge in [0, 0.05) is 0 Å². The minimum Gasteiger partial charge on any atom is -0.504 e. The van der Waals surface area contributed by atoms with E-state index >= 15 is 4.79 Å². The molecule has 584 valence electrons. The van der Waals surface area contributed by atoms with Crippen molar-refractivity contribution in [3.8, 4) is 138 Å². The maximum absolute atomic E-state index is 15.0. The Kier molecular flexibility index (Phi) is 21.8. The Balaban J connectivity index is 1.26. The molecule has 0 aliphatic carbocycles. The quantitative estimate of drug-likeness (QED) is 0.0296. The lowest BCUT2D eigenvalue weighted by Gasteiger charge is -2.48. The van der Waals surface area contributed by atoms with Crippen LogP contribution < -0.4 is 0 Å². The largest absolute Gasteiger partial charge is 0.504 e. The molecule has 8 aromatic rings. The highest BCUT2D eigenvalue weighted by molar-refractivity contribution is 5.99. The zero-order chi connectivity index (χ0) is 81.4. The summed E-state index contributed by atoms with van der Waals surface area (Å²) in [5.74, 6) is -48.7. The average molecular weight is 1560 g/mol. The number of esters is 8. The topological polar surface area (TPSA) is 724 Å². The van der Waals surface area contributed by atoms with E-state index in [1.165, 1.54) is 0 Å². The second kappa shape index (κ2) is 31.0. The number of carbonyl (C=O) groups excluding carboxylic acids is 8. The first-order chi connectivity index (χ1) is 52.3. The van der Waals surface area contributed by atoms with E-state index in [0.29, 0.717) is 97.1 Å². The first-order valence-corrected chi connectivity index (χ1v) is 30.8. The number of hydrogen-bond donors (Lipinski definition) is 24. The van der Waals surface area contributed by atoms with Crippen LogP contribution in [0.3, 0.4) is 0 Å². The predicted octanol–water partition coefficient (Wildman–Crippen LogP) is 2.45. The van der Waals surface area contributed by atoms with E-state index in [9.17, 15) is 156 Å². The Morgan fingerprint density at radius 2 is 0.405 bits per heavy atom. The third-order valence-electron chi connectivity index (χ3n) is 16.5. The lowest BCUT2D eigenvalue weighted by molar-refractivity contribution is -0.351. The van der Waals surface area contributed by atoms with Crippen LogP contribution in [0.5, 0.6) is 138 Å². The van der Waals surface area contributed by atoms with Gasteiger partial charge in [0.05, 0.1) is 0 Å². The van der Waals surface area contributed by atoms with Gasteiger partial charge in [-0.25, -0.2) is 38.4 Å². The summed E-state index contributed by atoms with van der Waals surface area (Å²) in [5, 5.41) is 255. The Hall–Kier alpha value is -15.4. The smallest absolute Gasteiger partial charge is 0.344 e. The van der Waals surface area contributed by atoms with E-state index in [1.807, 2.05) is 0 Å². The Morgan fingerprint density at radius 1 is 0.216 bits per heavy atom. The number of aromatic hydroxyl groups is 24. The molecule has 2 aliphatic rings. The molecule has 0 spiro atoms. The lowest BCUT2D eigenvalue weighted by atomic mass is 9.95. The molecule has 10 rings (SSSR count). The predicted molar refractivity (Wildman–Crippen MR) is 346 cm³/mol. The van der Waals surface area contributed by atoms with Gasteiger partial charge in [0.15, 0.2) is 123 Å². The van der Waals surface area contributed by atoms with Crippen LogP contribution in [0, 0.1) is 0 Å². The van der Waals surface area contributed by atoms with Crippen LogP contribution in [0.1, 0.15) is 82.9 Å². The maximum Gasteiger partial charge on any atom is 0.344 e. The molecule has 0 bridgehead atoms. The fourth-order valence-corrected chi connectivity index (χ4v) is 10.7. The molecule has 43 nitrogen and oxygen atoms in total. The highest BCUT2D eigenvalue weighted by atomic mass is 16.8. The van der Waals surface area contributed by atoms with Crippen molar-refractivity contribution in [2.45, 2.75) is 61.4 Å². The standard InChI is InChI=1S/C68H54O43/c69-27-9-1-19(37(77)45(27)85)59(93)101-17-35-53(105-61(95)21-3-11-29(71)47(87)39(21)79)55(106-62(96)22-4-12-30(72)48(88)40(22)80)57(108-64(98)24-6-14-32(74)50(90)42(24)82)67(103-35)110-54-36(18-102-60(94)20-2-10-28(70)46(86)38(20)78)104-68(111-66(100)26-8-16-34(76)52(92)44(26)84)58(109-65(99)25-7-15-33(75)51(91)43(25)83)56(54)107-63(97)23-5-13-31(73)49(89)41(23)81/h1-16,35-36,53-58,67-92H,17-18H2/t35-,36-,53-,54-,55+,56+,57-,58-,67-,68+/m1/s1. The zero-order valence-corrected chi connectivity index (χ0v) is 54.9. The minimum absolute atomic E-state index is 0.503. The molecule has 2 aliphatic heterocycles. The summed E-state index contributed by atoms with van der Waals surface area (Å²) in [4.78, 5) is 117. The van der Waals surface area contributed by atoms with Crippen LogP contribution in [0.4, 0.5) is 0 Å². The van der Waals surface area contributed by atoms with E-state index in [0.717, 1.165) is 0 Å². The third kappa shape index (κ3) is 15.3. The molecule has 111 heavy (non-hydrogen) atoms. The minimum atomic E-state index is -3.19. The molecule has 0 saturated carbocycles. The second-order valence-corrected chi connectivity index (χ2v) is 23.3. The zero-order valence-electron chi connectivity index (χ0n) is 54.9. The number of hydrogen-bond acceptors (Lipinski definition) is 43. The lowest BCUT2D eigenvalue weighted by Crippen LogP contribution is -2.67. The van der Waals surface area contributed by atoms with Gasteiger partial charge in [-0.2, -0.15) is 0 Å². The number of phenolic OH excluding ortho intramolecular Hbond substituents is 24. The molecule has 2 saturated heterocycles. The molecular formula is C68H54O43. The molecule has 10 atom stereocenters. The summed E-state index contributed by atoms with van der Waals surface area (Å²) in [6, 6.07) is 8.88. The molecular weight excluding hydrogens is 1500 g/mol. The van der Waals surface area contributed by atoms with Gasteiger partial charge in [-0.15, -0.1) is 0 Å². The van der Waals surface area contributed by atoms with E-state index in [-0.39, 0.29) is 0 Å². The van der Waals surface area contributed by atoms with Crippen molar-refractivity contribution in [3.63, 3.8) is 0 Å². The first kappa shape index (κ1) is 78.2. The Bertz CT molecular complexity index is 5110. The van der Waals surface area contributed by atoms with Crippen LogP contribution in [0.25, 0.3) is 0 Å². The number of phenols is 24. The Morgan fingerprint density at radius 3 is 0.667 bits per heavy atom. The molecule has 2 fully saturated rings. The molecule has 2 heterocycles. The van der Waals surface area contributed by atoms with Crippen LogP contribution in [-0.4, -0.2) is 245 Å². The molecule has 8 aromatic carbocycles. The SMILES string of the molecule is O=C(OC[C@H]1O[C@H](O[C@H]2[C@H](OC(=O)c3ccc(O)c(O)c3O)[C@@H](OC(=O)c3ccc(O)c(O)c3O)[C@H](OC(=O)c3ccc(O)c(O)c3O)O[C@@H]2COC(=O)c2ccc(O)c(O)c2O)[C@H](OC(=O)c2ccc(O)c(O)c2O)[C@@H](OC(=O)c2ccc(O)c(O)c2O)[C@@H]1OC(=O)c1ccc(O)c(O)c1O)c1ccc(O)c(O)c1O. The molecule has 0 unspecified atom stereocenters. The summed E-state index contributed by atoms with van der Waals surface area (Å²) < 4.78 is 64.3. The van der Waals surface area contributed by atoms with E-state index in [1.54, 1.807) is 0 Å². The highest BCUT2D eigenvalue weighted by Gasteiger charge is 2.60. The van der Waals surface area contributed by atoms with Crippen molar-refractivity contribution < 1.29 is 213 Å². The van der Waals surface area contributed by atoms with Crippen LogP contribution in [-0.2, 0) is 52.1 Å².